The Balaban J connectivity index is 2.28. The fraction of sp³-hybridized carbons (Fsp3) is 0.538. The van der Waals surface area contributed by atoms with Crippen molar-refractivity contribution in [3.8, 4) is 5.75 Å². The highest BCUT2D eigenvalue weighted by Crippen LogP contribution is 2.36. The number of aliphatic hydroxyl groups excluding tert-OH is 1. The highest BCUT2D eigenvalue weighted by atomic mass is 35.5. The molecule has 1 N–H and O–H groups in total. The largest absolute Gasteiger partial charge is 0.496 e. The maximum absolute atomic E-state index is 9.43. The molecule has 1 saturated heterocycles. The Hall–Kier alpha value is -0.770. The van der Waals surface area contributed by atoms with E-state index in [1.807, 2.05) is 19.1 Å². The summed E-state index contributed by atoms with van der Waals surface area (Å²) in [5.41, 5.74) is 1.86. The van der Waals surface area contributed by atoms with Crippen LogP contribution >= 0.6 is 11.6 Å². The fourth-order valence-corrected chi connectivity index (χ4v) is 2.25. The van der Waals surface area contributed by atoms with Crippen molar-refractivity contribution in [2.45, 2.75) is 13.3 Å². The first-order valence-electron chi connectivity index (χ1n) is 5.62. The molecule has 0 aliphatic carbocycles. The van der Waals surface area contributed by atoms with Crippen molar-refractivity contribution in [1.82, 2.24) is 0 Å². The summed E-state index contributed by atoms with van der Waals surface area (Å²) in [5, 5.41) is 10.2. The van der Waals surface area contributed by atoms with Crippen LogP contribution in [0.4, 0.5) is 0 Å². The number of methoxy groups -OCH3 is 1. The monoisotopic (exact) mass is 256 g/mol. The van der Waals surface area contributed by atoms with Crippen molar-refractivity contribution in [3.05, 3.63) is 28.3 Å². The molecule has 4 heteroatoms. The number of halogens is 1. The van der Waals surface area contributed by atoms with Gasteiger partial charge in [-0.1, -0.05) is 11.6 Å². The topological polar surface area (TPSA) is 38.7 Å². The second-order valence-electron chi connectivity index (χ2n) is 4.74. The predicted octanol–water partition coefficient (Wildman–Crippen LogP) is 2.21. The van der Waals surface area contributed by atoms with E-state index in [1.54, 1.807) is 7.11 Å². The van der Waals surface area contributed by atoms with Gasteiger partial charge >= 0.3 is 0 Å². The zero-order valence-corrected chi connectivity index (χ0v) is 10.9. The van der Waals surface area contributed by atoms with E-state index in [1.165, 1.54) is 0 Å². The number of ether oxygens (including phenoxy) is 2. The average Bonchev–Trinajstić information content (AvgIpc) is 2.27. The lowest BCUT2D eigenvalue weighted by molar-refractivity contribution is -0.136. The lowest BCUT2D eigenvalue weighted by Crippen LogP contribution is -2.47. The highest BCUT2D eigenvalue weighted by Gasteiger charge is 2.38. The van der Waals surface area contributed by atoms with E-state index in [0.717, 1.165) is 28.3 Å². The van der Waals surface area contributed by atoms with Crippen LogP contribution in [0.5, 0.6) is 5.75 Å². The lowest BCUT2D eigenvalue weighted by Gasteiger charge is -2.40. The zero-order chi connectivity index (χ0) is 12.5. The van der Waals surface area contributed by atoms with E-state index in [0.29, 0.717) is 13.2 Å². The minimum absolute atomic E-state index is 0.127. The zero-order valence-electron chi connectivity index (χ0n) is 10.1. The smallest absolute Gasteiger partial charge is 0.122 e. The third kappa shape index (κ3) is 2.41. The van der Waals surface area contributed by atoms with E-state index in [9.17, 15) is 5.11 Å². The lowest BCUT2D eigenvalue weighted by atomic mass is 9.80. The first-order chi connectivity index (χ1) is 8.10. The van der Waals surface area contributed by atoms with Crippen LogP contribution in [0, 0.1) is 12.3 Å². The van der Waals surface area contributed by atoms with Gasteiger partial charge in [0.2, 0.25) is 0 Å². The summed E-state index contributed by atoms with van der Waals surface area (Å²) in [4.78, 5) is 0. The second-order valence-corrected chi connectivity index (χ2v) is 5.15. The first kappa shape index (κ1) is 12.7. The van der Waals surface area contributed by atoms with E-state index >= 15 is 0 Å². The van der Waals surface area contributed by atoms with Gasteiger partial charge < -0.3 is 14.6 Å². The van der Waals surface area contributed by atoms with Gasteiger partial charge in [-0.25, -0.2) is 0 Å². The molecule has 1 aliphatic rings. The summed E-state index contributed by atoms with van der Waals surface area (Å²) < 4.78 is 10.6. The second kappa shape index (κ2) is 4.84. The average molecular weight is 257 g/mol. The van der Waals surface area contributed by atoms with Crippen molar-refractivity contribution in [3.63, 3.8) is 0 Å². The molecule has 0 radical (unpaired) electrons. The van der Waals surface area contributed by atoms with Gasteiger partial charge in [0, 0.05) is 10.4 Å². The van der Waals surface area contributed by atoms with Crippen LogP contribution in [0.2, 0.25) is 5.02 Å². The Labute approximate surface area is 106 Å². The fourth-order valence-electron chi connectivity index (χ4n) is 2.07. The maximum atomic E-state index is 9.43. The predicted molar refractivity (Wildman–Crippen MR) is 66.8 cm³/mol. The van der Waals surface area contributed by atoms with Gasteiger partial charge in [-0.15, -0.1) is 0 Å². The number of benzene rings is 1. The molecule has 0 atom stereocenters. The van der Waals surface area contributed by atoms with Gasteiger partial charge in [-0.2, -0.15) is 0 Å². The molecule has 1 aromatic rings. The Morgan fingerprint density at radius 1 is 1.47 bits per heavy atom. The Bertz CT molecular complexity index is 408. The minimum Gasteiger partial charge on any atom is -0.496 e. The normalized spacial score (nSPS) is 17.6. The SMILES string of the molecule is COc1cc(C)c(Cl)cc1CC1(CO)COC1. The molecule has 3 nitrogen and oxygen atoms in total. The summed E-state index contributed by atoms with van der Waals surface area (Å²) in [7, 11) is 1.65. The molecule has 0 bridgehead atoms. The van der Waals surface area contributed by atoms with Crippen LogP contribution in [-0.2, 0) is 11.2 Å². The molecule has 94 valence electrons. The summed E-state index contributed by atoms with van der Waals surface area (Å²) in [5.74, 6) is 0.826. The van der Waals surface area contributed by atoms with E-state index < -0.39 is 0 Å². The summed E-state index contributed by atoms with van der Waals surface area (Å²) in [6.45, 7) is 3.26. The Morgan fingerprint density at radius 2 is 2.18 bits per heavy atom. The molecule has 0 spiro atoms. The molecule has 1 aliphatic heterocycles. The molecular formula is C13H17ClO3. The quantitative estimate of drug-likeness (QED) is 0.898. The maximum Gasteiger partial charge on any atom is 0.122 e. The van der Waals surface area contributed by atoms with Crippen LogP contribution in [0.25, 0.3) is 0 Å². The van der Waals surface area contributed by atoms with E-state index in [-0.39, 0.29) is 12.0 Å². The molecule has 1 aromatic carbocycles. The van der Waals surface area contributed by atoms with Crippen LogP contribution in [-0.4, -0.2) is 32.0 Å². The van der Waals surface area contributed by atoms with Crippen LogP contribution in [0.3, 0.4) is 0 Å². The van der Waals surface area contributed by atoms with Crippen molar-refractivity contribution < 1.29 is 14.6 Å². The Morgan fingerprint density at radius 3 is 2.65 bits per heavy atom. The minimum atomic E-state index is -0.161. The number of aliphatic hydroxyl groups is 1. The third-order valence-electron chi connectivity index (χ3n) is 3.28. The molecule has 17 heavy (non-hydrogen) atoms. The first-order valence-corrected chi connectivity index (χ1v) is 6.00. The highest BCUT2D eigenvalue weighted by molar-refractivity contribution is 6.31. The summed E-state index contributed by atoms with van der Waals surface area (Å²) >= 11 is 6.13. The molecule has 0 unspecified atom stereocenters. The van der Waals surface area contributed by atoms with Crippen LogP contribution < -0.4 is 4.74 Å². The number of rotatable bonds is 4. The molecular weight excluding hydrogens is 240 g/mol. The van der Waals surface area contributed by atoms with Crippen molar-refractivity contribution >= 4 is 11.6 Å². The van der Waals surface area contributed by atoms with Crippen molar-refractivity contribution in [2.75, 3.05) is 26.9 Å². The van der Waals surface area contributed by atoms with Gasteiger partial charge in [-0.05, 0) is 36.6 Å². The molecule has 0 aromatic heterocycles. The number of aryl methyl sites for hydroxylation is 1. The van der Waals surface area contributed by atoms with Crippen molar-refractivity contribution in [2.24, 2.45) is 5.41 Å². The third-order valence-corrected chi connectivity index (χ3v) is 3.69. The molecule has 1 heterocycles. The van der Waals surface area contributed by atoms with Gasteiger partial charge in [0.15, 0.2) is 0 Å². The molecule has 0 saturated carbocycles. The molecule has 2 rings (SSSR count). The van der Waals surface area contributed by atoms with Gasteiger partial charge in [0.1, 0.15) is 5.75 Å². The van der Waals surface area contributed by atoms with Crippen LogP contribution in [0.15, 0.2) is 12.1 Å². The van der Waals surface area contributed by atoms with Gasteiger partial charge in [0.25, 0.3) is 0 Å². The number of hydrogen-bond acceptors (Lipinski definition) is 3. The van der Waals surface area contributed by atoms with Gasteiger partial charge in [0.05, 0.1) is 26.9 Å². The van der Waals surface area contributed by atoms with Crippen LogP contribution in [0.1, 0.15) is 11.1 Å². The summed E-state index contributed by atoms with van der Waals surface area (Å²) in [6.07, 6.45) is 0.729. The van der Waals surface area contributed by atoms with E-state index in [2.05, 4.69) is 0 Å². The molecule has 1 fully saturated rings. The summed E-state index contributed by atoms with van der Waals surface area (Å²) in [6, 6.07) is 3.85. The Kier molecular flexibility index (Phi) is 3.61. The van der Waals surface area contributed by atoms with Crippen molar-refractivity contribution in [1.29, 1.82) is 0 Å². The van der Waals surface area contributed by atoms with Gasteiger partial charge in [-0.3, -0.25) is 0 Å². The molecule has 0 amide bonds. The van der Waals surface area contributed by atoms with E-state index in [4.69, 9.17) is 21.1 Å². The standard InChI is InChI=1S/C13H17ClO3/c1-9-3-12(16-2)10(4-11(9)14)5-13(6-15)7-17-8-13/h3-4,15H,5-8H2,1-2H3. The number of hydrogen-bond donors (Lipinski definition) is 1.